The van der Waals surface area contributed by atoms with Gasteiger partial charge in [-0.15, -0.1) is 0 Å². The van der Waals surface area contributed by atoms with Gasteiger partial charge in [0.25, 0.3) is 9.48 Å². The molecule has 0 unspecified atom stereocenters. The molecule has 1 aromatic rings. The molecule has 0 saturated heterocycles. The van der Waals surface area contributed by atoms with E-state index >= 15 is 0 Å². The fourth-order valence-electron chi connectivity index (χ4n) is 1.02. The zero-order chi connectivity index (χ0) is 13.4. The molecule has 0 aliphatic carbocycles. The summed E-state index contributed by atoms with van der Waals surface area (Å²) in [6, 6.07) is 1.66. The minimum Gasteiger partial charge on any atom is -0.506 e. The summed E-state index contributed by atoms with van der Waals surface area (Å²) in [6.07, 6.45) is 0. The molecule has 92 valence electrons. The van der Waals surface area contributed by atoms with Gasteiger partial charge in [0, 0.05) is 12.1 Å². The fraction of sp³-hybridized carbons (Fsp3) is 0.125. The van der Waals surface area contributed by atoms with Gasteiger partial charge in [-0.25, -0.2) is 0 Å². The number of alkyl halides is 3. The molecule has 0 aliphatic heterocycles. The van der Waals surface area contributed by atoms with E-state index < -0.39 is 31.5 Å². The van der Waals surface area contributed by atoms with Crippen molar-refractivity contribution in [2.45, 2.75) is 3.79 Å². The lowest BCUT2D eigenvalue weighted by Crippen LogP contribution is -2.19. The number of non-ortho nitro benzene ring substituents is 1. The Bertz CT molecular complexity index is 497. The van der Waals surface area contributed by atoms with E-state index in [9.17, 15) is 20.0 Å². The Labute approximate surface area is 115 Å². The van der Waals surface area contributed by atoms with Crippen LogP contribution in [0.5, 0.6) is 5.75 Å². The molecule has 0 atom stereocenters. The number of nitrogens with zero attached hydrogens (tertiary/aromatic N) is 1. The topological polar surface area (TPSA) is 80.4 Å². The van der Waals surface area contributed by atoms with Crippen molar-refractivity contribution >= 4 is 57.9 Å². The Hall–Kier alpha value is -0.750. The summed E-state index contributed by atoms with van der Waals surface area (Å²) in [5, 5.41) is 19.7. The second-order valence-electron chi connectivity index (χ2n) is 2.91. The number of phenols is 1. The molecule has 0 spiro atoms. The number of nitro groups is 1. The predicted octanol–water partition coefficient (Wildman–Crippen LogP) is 3.51. The molecule has 0 amide bonds. The van der Waals surface area contributed by atoms with Crippen LogP contribution in [0.3, 0.4) is 0 Å². The predicted molar refractivity (Wildman–Crippen MR) is 64.4 cm³/mol. The van der Waals surface area contributed by atoms with Gasteiger partial charge in [0.2, 0.25) is 5.78 Å². The smallest absolute Gasteiger partial charge is 0.271 e. The Balaban J connectivity index is 3.43. The van der Waals surface area contributed by atoms with E-state index in [4.69, 9.17) is 46.4 Å². The number of benzene rings is 1. The zero-order valence-electron chi connectivity index (χ0n) is 7.79. The van der Waals surface area contributed by atoms with Gasteiger partial charge >= 0.3 is 0 Å². The van der Waals surface area contributed by atoms with E-state index in [1.54, 1.807) is 0 Å². The third kappa shape index (κ3) is 3.13. The van der Waals surface area contributed by atoms with Crippen LogP contribution in [-0.2, 0) is 0 Å². The van der Waals surface area contributed by atoms with E-state index in [1.165, 1.54) is 0 Å². The molecule has 5 nitrogen and oxygen atoms in total. The van der Waals surface area contributed by atoms with Crippen LogP contribution in [-0.4, -0.2) is 19.6 Å². The van der Waals surface area contributed by atoms with Gasteiger partial charge in [-0.2, -0.15) is 0 Å². The summed E-state index contributed by atoms with van der Waals surface area (Å²) in [7, 11) is 0. The molecule has 1 aromatic carbocycles. The molecule has 9 heteroatoms. The molecule has 0 aliphatic rings. The average molecular weight is 319 g/mol. The Morgan fingerprint density at radius 2 is 1.88 bits per heavy atom. The summed E-state index contributed by atoms with van der Waals surface area (Å²) >= 11 is 21.5. The Morgan fingerprint density at radius 1 is 1.35 bits per heavy atom. The maximum atomic E-state index is 11.6. The number of nitro benzene ring substituents is 1. The molecule has 0 bridgehead atoms. The maximum Gasteiger partial charge on any atom is 0.271 e. The number of hydrogen-bond donors (Lipinski definition) is 1. The lowest BCUT2D eigenvalue weighted by Gasteiger charge is -2.11. The number of halogens is 4. The van der Waals surface area contributed by atoms with Crippen LogP contribution < -0.4 is 0 Å². The number of hydrogen-bond acceptors (Lipinski definition) is 4. The largest absolute Gasteiger partial charge is 0.506 e. The molecular formula is C8H3Cl4NO4. The molecule has 1 rings (SSSR count). The van der Waals surface area contributed by atoms with Gasteiger partial charge in [0.05, 0.1) is 15.5 Å². The molecule has 0 heterocycles. The SMILES string of the molecule is O=C(c1cc([N+](=O)[O-])cc(Cl)c1O)C(Cl)(Cl)Cl. The minimum absolute atomic E-state index is 0.378. The number of rotatable bonds is 2. The van der Waals surface area contributed by atoms with Crippen LogP contribution in [0.25, 0.3) is 0 Å². The maximum absolute atomic E-state index is 11.6. The van der Waals surface area contributed by atoms with Crippen molar-refractivity contribution in [3.05, 3.63) is 32.8 Å². The second-order valence-corrected chi connectivity index (χ2v) is 5.60. The molecule has 0 fully saturated rings. The van der Waals surface area contributed by atoms with Crippen molar-refractivity contribution in [2.24, 2.45) is 0 Å². The Kier molecular flexibility index (Phi) is 4.09. The highest BCUT2D eigenvalue weighted by molar-refractivity contribution is 6.77. The average Bonchev–Trinajstić information content (AvgIpc) is 2.19. The van der Waals surface area contributed by atoms with Gasteiger partial charge < -0.3 is 5.11 Å². The van der Waals surface area contributed by atoms with E-state index in [1.807, 2.05) is 0 Å². The van der Waals surface area contributed by atoms with E-state index in [2.05, 4.69) is 0 Å². The van der Waals surface area contributed by atoms with Gasteiger partial charge in [-0.05, 0) is 0 Å². The molecule has 17 heavy (non-hydrogen) atoms. The first-order valence-electron chi connectivity index (χ1n) is 3.93. The van der Waals surface area contributed by atoms with Crippen molar-refractivity contribution in [1.29, 1.82) is 0 Å². The van der Waals surface area contributed by atoms with Crippen LogP contribution in [0.2, 0.25) is 5.02 Å². The molecule has 0 aromatic heterocycles. The quantitative estimate of drug-likeness (QED) is 0.391. The molecule has 0 radical (unpaired) electrons. The normalized spacial score (nSPS) is 11.3. The summed E-state index contributed by atoms with van der Waals surface area (Å²) in [5.74, 6) is -1.78. The van der Waals surface area contributed by atoms with E-state index in [-0.39, 0.29) is 5.02 Å². The molecule has 0 saturated carbocycles. The lowest BCUT2D eigenvalue weighted by molar-refractivity contribution is -0.384. The van der Waals surface area contributed by atoms with E-state index in [0.717, 1.165) is 12.1 Å². The summed E-state index contributed by atoms with van der Waals surface area (Å²) in [6.45, 7) is 0. The standard InChI is InChI=1S/C8H3Cl4NO4/c9-5-2-3(13(16)17)1-4(6(5)14)7(15)8(10,11)12/h1-2,14H. The van der Waals surface area contributed by atoms with Crippen LogP contribution in [0.1, 0.15) is 10.4 Å². The first-order valence-corrected chi connectivity index (χ1v) is 5.44. The summed E-state index contributed by atoms with van der Waals surface area (Å²) in [4.78, 5) is 21.3. The highest BCUT2D eigenvalue weighted by Crippen LogP contribution is 2.38. The highest BCUT2D eigenvalue weighted by atomic mass is 35.6. The van der Waals surface area contributed by atoms with Crippen LogP contribution in [0.4, 0.5) is 5.69 Å². The van der Waals surface area contributed by atoms with Crippen molar-refractivity contribution in [3.8, 4) is 5.75 Å². The van der Waals surface area contributed by atoms with Crippen LogP contribution in [0, 0.1) is 10.1 Å². The number of carbonyl (C=O) groups excluding carboxylic acids is 1. The highest BCUT2D eigenvalue weighted by Gasteiger charge is 2.35. The van der Waals surface area contributed by atoms with Crippen molar-refractivity contribution in [1.82, 2.24) is 0 Å². The number of carbonyl (C=O) groups is 1. The van der Waals surface area contributed by atoms with Gasteiger partial charge in [-0.1, -0.05) is 46.4 Å². The van der Waals surface area contributed by atoms with Crippen LogP contribution >= 0.6 is 46.4 Å². The van der Waals surface area contributed by atoms with Gasteiger partial charge in [-0.3, -0.25) is 14.9 Å². The van der Waals surface area contributed by atoms with Crippen molar-refractivity contribution < 1.29 is 14.8 Å². The van der Waals surface area contributed by atoms with Crippen molar-refractivity contribution in [2.75, 3.05) is 0 Å². The first-order chi connectivity index (χ1) is 7.64. The molecular weight excluding hydrogens is 316 g/mol. The van der Waals surface area contributed by atoms with Gasteiger partial charge in [0.15, 0.2) is 0 Å². The first kappa shape index (κ1) is 14.3. The number of Topliss-reactive ketones (excluding diaryl/α,β-unsaturated/α-hetero) is 1. The number of phenolic OH excluding ortho intramolecular Hbond substituents is 1. The summed E-state index contributed by atoms with van der Waals surface area (Å²) in [5.41, 5.74) is -1.02. The van der Waals surface area contributed by atoms with Crippen molar-refractivity contribution in [3.63, 3.8) is 0 Å². The third-order valence-electron chi connectivity index (χ3n) is 1.76. The summed E-state index contributed by atoms with van der Waals surface area (Å²) < 4.78 is -2.34. The van der Waals surface area contributed by atoms with E-state index in [0.29, 0.717) is 0 Å². The fourth-order valence-corrected chi connectivity index (χ4v) is 1.53. The number of ketones is 1. The van der Waals surface area contributed by atoms with Crippen LogP contribution in [0.15, 0.2) is 12.1 Å². The zero-order valence-corrected chi connectivity index (χ0v) is 10.8. The minimum atomic E-state index is -2.34. The lowest BCUT2D eigenvalue weighted by atomic mass is 10.1. The monoisotopic (exact) mass is 317 g/mol. The molecule has 1 N–H and O–H groups in total. The Morgan fingerprint density at radius 3 is 2.29 bits per heavy atom. The third-order valence-corrected chi connectivity index (χ3v) is 2.56. The van der Waals surface area contributed by atoms with Gasteiger partial charge in [0.1, 0.15) is 5.75 Å². The second kappa shape index (κ2) is 4.86. The number of aromatic hydroxyl groups is 1.